The van der Waals surface area contributed by atoms with Gasteiger partial charge in [-0.05, 0) is 36.6 Å². The molecule has 4 nitrogen and oxygen atoms in total. The molecule has 0 unspecified atom stereocenters. The zero-order valence-corrected chi connectivity index (χ0v) is 14.1. The van der Waals surface area contributed by atoms with Crippen LogP contribution in [0.5, 0.6) is 0 Å². The first-order chi connectivity index (χ1) is 11.2. The third-order valence-electron chi connectivity index (χ3n) is 4.69. The molecule has 23 heavy (non-hydrogen) atoms. The summed E-state index contributed by atoms with van der Waals surface area (Å²) in [7, 11) is 0. The van der Waals surface area contributed by atoms with E-state index in [0.29, 0.717) is 0 Å². The van der Waals surface area contributed by atoms with Crippen LogP contribution in [0.1, 0.15) is 34.3 Å². The molecule has 1 N–H and O–H groups in total. The molecule has 2 aliphatic rings. The molecule has 1 amide bonds. The second-order valence-corrected chi connectivity index (χ2v) is 7.61. The predicted octanol–water partition coefficient (Wildman–Crippen LogP) is 2.65. The molecule has 0 bridgehead atoms. The number of rotatable bonds is 2. The second-order valence-electron chi connectivity index (χ2n) is 6.39. The molecule has 2 aromatic rings. The first kappa shape index (κ1) is 14.8. The Kier molecular flexibility index (Phi) is 3.89. The van der Waals surface area contributed by atoms with Crippen molar-refractivity contribution in [3.63, 3.8) is 0 Å². The van der Waals surface area contributed by atoms with E-state index < -0.39 is 0 Å². The van der Waals surface area contributed by atoms with Crippen molar-refractivity contribution < 1.29 is 4.79 Å². The number of amides is 1. The molecule has 2 aliphatic heterocycles. The number of aromatic nitrogens is 2. The number of fused-ring (bicyclic) bond motifs is 2. The van der Waals surface area contributed by atoms with Gasteiger partial charge in [-0.25, -0.2) is 4.98 Å². The highest BCUT2D eigenvalue weighted by Crippen LogP contribution is 2.36. The van der Waals surface area contributed by atoms with Crippen LogP contribution in [0, 0.1) is 6.92 Å². The second kappa shape index (κ2) is 6.04. The molecular weight excluding hydrogens is 306 g/mol. The topological polar surface area (TPSA) is 46.9 Å². The predicted molar refractivity (Wildman–Crippen MR) is 92.6 cm³/mol. The van der Waals surface area contributed by atoms with E-state index in [1.807, 2.05) is 13.0 Å². The fraction of sp³-hybridized carbons (Fsp3) is 0.444. The lowest BCUT2D eigenvalue weighted by atomic mass is 10.0. The van der Waals surface area contributed by atoms with Crippen LogP contribution in [0.15, 0.2) is 30.5 Å². The van der Waals surface area contributed by atoms with E-state index in [-0.39, 0.29) is 17.2 Å². The van der Waals surface area contributed by atoms with Crippen molar-refractivity contribution in [2.45, 2.75) is 44.0 Å². The Bertz CT molecular complexity index is 740. The number of nitrogens with one attached hydrogen (secondary N) is 1. The first-order valence-corrected chi connectivity index (χ1v) is 9.28. The molecule has 1 aromatic carbocycles. The number of benzene rings is 1. The fourth-order valence-electron chi connectivity index (χ4n) is 3.59. The molecule has 3 heterocycles. The van der Waals surface area contributed by atoms with Gasteiger partial charge in [0.1, 0.15) is 11.1 Å². The van der Waals surface area contributed by atoms with Crippen molar-refractivity contribution in [3.05, 3.63) is 53.1 Å². The normalized spacial score (nSPS) is 23.0. The van der Waals surface area contributed by atoms with Crippen molar-refractivity contribution in [1.82, 2.24) is 14.9 Å². The number of imidazole rings is 1. The van der Waals surface area contributed by atoms with E-state index >= 15 is 0 Å². The third kappa shape index (κ3) is 2.90. The van der Waals surface area contributed by atoms with Gasteiger partial charge in [-0.15, -0.1) is 11.8 Å². The molecule has 2 atom stereocenters. The van der Waals surface area contributed by atoms with Gasteiger partial charge in [0.05, 0.1) is 5.69 Å². The maximum absolute atomic E-state index is 12.8. The van der Waals surface area contributed by atoms with Crippen LogP contribution in [0.3, 0.4) is 0 Å². The molecule has 0 fully saturated rings. The van der Waals surface area contributed by atoms with E-state index in [4.69, 9.17) is 0 Å². The lowest BCUT2D eigenvalue weighted by molar-refractivity contribution is -0.121. The Morgan fingerprint density at radius 2 is 2.22 bits per heavy atom. The molecule has 5 heteroatoms. The highest BCUT2D eigenvalue weighted by Gasteiger charge is 2.29. The molecule has 0 saturated carbocycles. The minimum absolute atomic E-state index is 0.0640. The van der Waals surface area contributed by atoms with Crippen molar-refractivity contribution in [2.24, 2.45) is 0 Å². The summed E-state index contributed by atoms with van der Waals surface area (Å²) in [6, 6.07) is 8.55. The summed E-state index contributed by atoms with van der Waals surface area (Å²) in [6.07, 6.45) is 5.05. The first-order valence-electron chi connectivity index (χ1n) is 8.23. The Hall–Kier alpha value is -1.75. The van der Waals surface area contributed by atoms with Crippen LogP contribution in [0.2, 0.25) is 0 Å². The van der Waals surface area contributed by atoms with Crippen LogP contribution in [-0.4, -0.2) is 27.3 Å². The number of aryl methyl sites for hydroxylation is 3. The smallest absolute Gasteiger partial charge is 0.237 e. The molecule has 0 saturated heterocycles. The highest BCUT2D eigenvalue weighted by molar-refractivity contribution is 8.00. The highest BCUT2D eigenvalue weighted by atomic mass is 32.2. The summed E-state index contributed by atoms with van der Waals surface area (Å²) in [5.41, 5.74) is 3.57. The largest absolute Gasteiger partial charge is 0.350 e. The summed E-state index contributed by atoms with van der Waals surface area (Å²) in [6.45, 7) is 2.86. The van der Waals surface area contributed by atoms with Crippen molar-refractivity contribution in [3.8, 4) is 0 Å². The fourth-order valence-corrected chi connectivity index (χ4v) is 4.79. The monoisotopic (exact) mass is 327 g/mol. The van der Waals surface area contributed by atoms with Gasteiger partial charge < -0.3 is 9.88 Å². The van der Waals surface area contributed by atoms with E-state index in [1.54, 1.807) is 11.8 Å². The van der Waals surface area contributed by atoms with Gasteiger partial charge in [-0.1, -0.05) is 24.3 Å². The van der Waals surface area contributed by atoms with E-state index in [2.05, 4.69) is 39.3 Å². The van der Waals surface area contributed by atoms with Gasteiger partial charge in [0.15, 0.2) is 0 Å². The molecular formula is C18H21N3OS. The van der Waals surface area contributed by atoms with E-state index in [9.17, 15) is 4.79 Å². The van der Waals surface area contributed by atoms with E-state index in [0.717, 1.165) is 43.1 Å². The average molecular weight is 327 g/mol. The van der Waals surface area contributed by atoms with Gasteiger partial charge in [0.25, 0.3) is 0 Å². The number of nitrogens with zero attached hydrogens (tertiary/aromatic N) is 2. The number of hydrogen-bond acceptors (Lipinski definition) is 3. The number of carbonyl (C=O) groups excluding carboxylic acids is 1. The zero-order chi connectivity index (χ0) is 15.8. The van der Waals surface area contributed by atoms with Gasteiger partial charge in [0, 0.05) is 25.2 Å². The molecule has 120 valence electrons. The number of carbonyl (C=O) groups is 1. The van der Waals surface area contributed by atoms with Crippen molar-refractivity contribution >= 4 is 17.7 Å². The van der Waals surface area contributed by atoms with Crippen molar-refractivity contribution in [2.75, 3.05) is 5.75 Å². The summed E-state index contributed by atoms with van der Waals surface area (Å²) < 4.78 is 2.19. The number of thioether (sulfide) groups is 1. The maximum Gasteiger partial charge on any atom is 0.237 e. The minimum Gasteiger partial charge on any atom is -0.350 e. The Labute approximate surface area is 140 Å². The van der Waals surface area contributed by atoms with Gasteiger partial charge in [-0.3, -0.25) is 4.79 Å². The zero-order valence-electron chi connectivity index (χ0n) is 13.3. The third-order valence-corrected chi connectivity index (χ3v) is 5.93. The van der Waals surface area contributed by atoms with E-state index in [1.165, 1.54) is 11.1 Å². The lowest BCUT2D eigenvalue weighted by Crippen LogP contribution is -2.43. The molecule has 0 aliphatic carbocycles. The Balaban J connectivity index is 1.47. The summed E-state index contributed by atoms with van der Waals surface area (Å²) in [4.78, 5) is 17.3. The summed E-state index contributed by atoms with van der Waals surface area (Å²) in [5.74, 6) is 2.32. The van der Waals surface area contributed by atoms with Gasteiger partial charge >= 0.3 is 0 Å². The quantitative estimate of drug-likeness (QED) is 0.922. The van der Waals surface area contributed by atoms with Crippen LogP contribution in [0.25, 0.3) is 0 Å². The Morgan fingerprint density at radius 3 is 3.13 bits per heavy atom. The molecule has 0 radical (unpaired) electrons. The standard InChI is InChI=1S/C18H21N3OS/c1-12-10-21-11-14(6-7-16(21)19-12)20-18(22)17-15-5-3-2-4-13(15)8-9-23-17/h2-5,10,14,17H,6-9,11H2,1H3,(H,20,22)/t14-,17+/m0/s1. The SMILES string of the molecule is Cc1cn2c(n1)CC[C@H](NC(=O)[C@@H]1SCCc3ccccc31)C2. The lowest BCUT2D eigenvalue weighted by Gasteiger charge is -2.29. The van der Waals surface area contributed by atoms with Crippen LogP contribution in [-0.2, 0) is 24.2 Å². The summed E-state index contributed by atoms with van der Waals surface area (Å²) in [5, 5.41) is 3.21. The number of hydrogen-bond donors (Lipinski definition) is 1. The summed E-state index contributed by atoms with van der Waals surface area (Å²) >= 11 is 1.76. The average Bonchev–Trinajstić information content (AvgIpc) is 2.93. The minimum atomic E-state index is -0.0640. The van der Waals surface area contributed by atoms with Gasteiger partial charge in [0.2, 0.25) is 5.91 Å². The van der Waals surface area contributed by atoms with Crippen LogP contribution >= 0.6 is 11.8 Å². The Morgan fingerprint density at radius 1 is 1.35 bits per heavy atom. The van der Waals surface area contributed by atoms with Crippen LogP contribution in [0.4, 0.5) is 0 Å². The van der Waals surface area contributed by atoms with Crippen molar-refractivity contribution in [1.29, 1.82) is 0 Å². The maximum atomic E-state index is 12.8. The molecule has 4 rings (SSSR count). The molecule has 1 aromatic heterocycles. The molecule has 0 spiro atoms. The van der Waals surface area contributed by atoms with Gasteiger partial charge in [-0.2, -0.15) is 0 Å². The van der Waals surface area contributed by atoms with Crippen LogP contribution < -0.4 is 5.32 Å².